The largest absolute Gasteiger partial charge is 0.205 e. The number of nitrogens with zero attached hydrogens (tertiary/aromatic N) is 2. The summed E-state index contributed by atoms with van der Waals surface area (Å²) < 4.78 is 2.12. The zero-order valence-electron chi connectivity index (χ0n) is 13.0. The molecule has 0 unspecified atom stereocenters. The molecule has 0 aliphatic heterocycles. The number of benzene rings is 2. The highest BCUT2D eigenvalue weighted by molar-refractivity contribution is 5.45. The summed E-state index contributed by atoms with van der Waals surface area (Å²) in [5.74, 6) is 0. The number of hydrogen-bond acceptors (Lipinski definition) is 1. The van der Waals surface area contributed by atoms with Crippen molar-refractivity contribution in [1.29, 1.82) is 5.26 Å². The normalized spacial score (nSPS) is 10.9. The van der Waals surface area contributed by atoms with Gasteiger partial charge in [-0.1, -0.05) is 66.7 Å². The van der Waals surface area contributed by atoms with Crippen LogP contribution in [0.15, 0.2) is 91.3 Å². The van der Waals surface area contributed by atoms with Gasteiger partial charge >= 0.3 is 0 Å². The summed E-state index contributed by atoms with van der Waals surface area (Å²) in [5.41, 5.74) is 1.46. The molecule has 0 atom stereocenters. The smallest absolute Gasteiger partial charge is 0.168 e. The third kappa shape index (κ3) is 3.14. The Balaban J connectivity index is 2.01. The first-order valence-corrected chi connectivity index (χ1v) is 7.81. The molecule has 0 aliphatic carbocycles. The van der Waals surface area contributed by atoms with Gasteiger partial charge in [-0.3, -0.25) is 0 Å². The van der Waals surface area contributed by atoms with Crippen LogP contribution in [-0.4, -0.2) is 0 Å². The Labute approximate surface area is 137 Å². The second-order valence-electron chi connectivity index (χ2n) is 5.61. The van der Waals surface area contributed by atoms with E-state index in [4.69, 9.17) is 0 Å². The molecule has 23 heavy (non-hydrogen) atoms. The molecule has 3 aromatic rings. The summed E-state index contributed by atoms with van der Waals surface area (Å²) in [6.45, 7) is 0.790. The van der Waals surface area contributed by atoms with E-state index >= 15 is 0 Å². The lowest BCUT2D eigenvalue weighted by Crippen LogP contribution is -2.38. The first kappa shape index (κ1) is 15.0. The fourth-order valence-electron chi connectivity index (χ4n) is 2.97. The van der Waals surface area contributed by atoms with Crippen LogP contribution in [0.4, 0.5) is 0 Å². The molecular weight excluding hydrogens is 280 g/mol. The lowest BCUT2D eigenvalue weighted by atomic mass is 9.73. The first-order valence-electron chi connectivity index (χ1n) is 7.81. The van der Waals surface area contributed by atoms with Crippen LogP contribution in [0.2, 0.25) is 0 Å². The molecule has 0 fully saturated rings. The highest BCUT2D eigenvalue weighted by Gasteiger charge is 2.35. The van der Waals surface area contributed by atoms with E-state index in [2.05, 4.69) is 10.6 Å². The van der Waals surface area contributed by atoms with Crippen LogP contribution < -0.4 is 4.57 Å². The molecule has 112 valence electrons. The van der Waals surface area contributed by atoms with E-state index in [1.807, 2.05) is 91.3 Å². The molecule has 0 aliphatic rings. The number of hydrogen-bond donors (Lipinski definition) is 0. The number of rotatable bonds is 5. The lowest BCUT2D eigenvalue weighted by molar-refractivity contribution is -0.698. The van der Waals surface area contributed by atoms with Crippen molar-refractivity contribution in [2.24, 2.45) is 0 Å². The van der Waals surface area contributed by atoms with Gasteiger partial charge in [0.15, 0.2) is 18.9 Å². The van der Waals surface area contributed by atoms with E-state index in [1.165, 1.54) is 0 Å². The standard InChI is InChI=1S/C21H19N2/c22-18-21(19-10-4-1-5-11-19,20-12-6-2-7-13-20)14-17-23-15-8-3-9-16-23/h1-13,15-16H,14,17H2/q+1. The Morgan fingerprint density at radius 2 is 1.22 bits per heavy atom. The van der Waals surface area contributed by atoms with Crippen molar-refractivity contribution in [3.05, 3.63) is 102 Å². The molecule has 0 saturated heterocycles. The number of aromatic nitrogens is 1. The lowest BCUT2D eigenvalue weighted by Gasteiger charge is -2.26. The predicted octanol–water partition coefficient (Wildman–Crippen LogP) is 3.87. The molecule has 1 heterocycles. The van der Waals surface area contributed by atoms with Crippen molar-refractivity contribution in [2.75, 3.05) is 0 Å². The van der Waals surface area contributed by atoms with Gasteiger partial charge in [-0.2, -0.15) is 5.26 Å². The highest BCUT2D eigenvalue weighted by Crippen LogP contribution is 2.35. The maximum absolute atomic E-state index is 10.1. The maximum atomic E-state index is 10.1. The van der Waals surface area contributed by atoms with E-state index in [9.17, 15) is 5.26 Å². The average Bonchev–Trinajstić information content (AvgIpc) is 2.65. The molecule has 0 N–H and O–H groups in total. The second kappa shape index (κ2) is 6.89. The van der Waals surface area contributed by atoms with Gasteiger partial charge in [0.05, 0.1) is 6.07 Å². The average molecular weight is 299 g/mol. The minimum atomic E-state index is -0.634. The van der Waals surface area contributed by atoms with Crippen LogP contribution in [0.25, 0.3) is 0 Å². The third-order valence-electron chi connectivity index (χ3n) is 4.25. The van der Waals surface area contributed by atoms with Gasteiger partial charge in [0, 0.05) is 18.6 Å². The summed E-state index contributed by atoms with van der Waals surface area (Å²) in [6.07, 6.45) is 4.81. The van der Waals surface area contributed by atoms with Gasteiger partial charge in [0.2, 0.25) is 0 Å². The van der Waals surface area contributed by atoms with Crippen LogP contribution in [0.1, 0.15) is 17.5 Å². The molecule has 0 radical (unpaired) electrons. The highest BCUT2D eigenvalue weighted by atomic mass is 14.9. The van der Waals surface area contributed by atoms with Gasteiger partial charge < -0.3 is 0 Å². The van der Waals surface area contributed by atoms with Gasteiger partial charge in [-0.15, -0.1) is 0 Å². The summed E-state index contributed by atoms with van der Waals surface area (Å²) in [5, 5.41) is 10.1. The van der Waals surface area contributed by atoms with Crippen molar-refractivity contribution >= 4 is 0 Å². The fourth-order valence-corrected chi connectivity index (χ4v) is 2.97. The third-order valence-corrected chi connectivity index (χ3v) is 4.25. The number of pyridine rings is 1. The number of aryl methyl sites for hydroxylation is 1. The number of nitriles is 1. The quantitative estimate of drug-likeness (QED) is 0.657. The van der Waals surface area contributed by atoms with Gasteiger partial charge in [0.1, 0.15) is 5.41 Å². The van der Waals surface area contributed by atoms with E-state index in [1.54, 1.807) is 0 Å². The molecule has 0 saturated carbocycles. The second-order valence-corrected chi connectivity index (χ2v) is 5.61. The summed E-state index contributed by atoms with van der Waals surface area (Å²) >= 11 is 0. The van der Waals surface area contributed by atoms with Crippen molar-refractivity contribution < 1.29 is 4.57 Å². The van der Waals surface area contributed by atoms with Crippen molar-refractivity contribution in [1.82, 2.24) is 0 Å². The van der Waals surface area contributed by atoms with Gasteiger partial charge in [0.25, 0.3) is 0 Å². The summed E-state index contributed by atoms with van der Waals surface area (Å²) in [6, 6.07) is 28.8. The minimum absolute atomic E-state index is 0.634. The minimum Gasteiger partial charge on any atom is -0.205 e. The molecule has 2 aromatic carbocycles. The molecule has 0 spiro atoms. The summed E-state index contributed by atoms with van der Waals surface area (Å²) in [7, 11) is 0. The SMILES string of the molecule is N#CC(CC[n+]1ccccc1)(c1ccccc1)c1ccccc1. The zero-order valence-corrected chi connectivity index (χ0v) is 13.0. The molecule has 0 amide bonds. The molecule has 2 nitrogen and oxygen atoms in total. The van der Waals surface area contributed by atoms with Crippen molar-refractivity contribution in [2.45, 2.75) is 18.4 Å². The first-order chi connectivity index (χ1) is 11.3. The maximum Gasteiger partial charge on any atom is 0.168 e. The van der Waals surface area contributed by atoms with Crippen molar-refractivity contribution in [3.63, 3.8) is 0 Å². The monoisotopic (exact) mass is 299 g/mol. The predicted molar refractivity (Wildman–Crippen MR) is 90.5 cm³/mol. The van der Waals surface area contributed by atoms with Crippen LogP contribution in [-0.2, 0) is 12.0 Å². The zero-order chi connectivity index (χ0) is 16.0. The van der Waals surface area contributed by atoms with Crippen LogP contribution in [0, 0.1) is 11.3 Å². The van der Waals surface area contributed by atoms with Crippen LogP contribution in [0.5, 0.6) is 0 Å². The molecular formula is C21H19N2+. The summed E-state index contributed by atoms with van der Waals surface area (Å²) in [4.78, 5) is 0. The van der Waals surface area contributed by atoms with Crippen molar-refractivity contribution in [3.8, 4) is 6.07 Å². The Morgan fingerprint density at radius 1 is 0.739 bits per heavy atom. The Bertz CT molecular complexity index is 735. The molecule has 2 heteroatoms. The van der Waals surface area contributed by atoms with Crippen LogP contribution >= 0.6 is 0 Å². The van der Waals surface area contributed by atoms with E-state index < -0.39 is 5.41 Å². The Hall–Kier alpha value is -2.92. The van der Waals surface area contributed by atoms with E-state index in [-0.39, 0.29) is 0 Å². The molecule has 1 aromatic heterocycles. The van der Waals surface area contributed by atoms with E-state index in [0.717, 1.165) is 24.1 Å². The Kier molecular flexibility index (Phi) is 4.49. The Morgan fingerprint density at radius 3 is 1.70 bits per heavy atom. The van der Waals surface area contributed by atoms with Gasteiger partial charge in [-0.25, -0.2) is 4.57 Å². The van der Waals surface area contributed by atoms with E-state index in [0.29, 0.717) is 0 Å². The molecule has 3 rings (SSSR count). The fraction of sp³-hybridized carbons (Fsp3) is 0.143. The van der Waals surface area contributed by atoms with Crippen LogP contribution in [0.3, 0.4) is 0 Å². The molecule has 0 bridgehead atoms. The van der Waals surface area contributed by atoms with Gasteiger partial charge in [-0.05, 0) is 11.1 Å². The topological polar surface area (TPSA) is 27.7 Å².